The SMILES string of the molecule is Cc1cc(S(=O)(=O)Nc2ccccc2)ccc1OCC(=O)Nc1cc(Cl)ccc1Oc1ccccc1. The third kappa shape index (κ3) is 6.56. The molecule has 0 fully saturated rings. The van der Waals surface area contributed by atoms with Crippen LogP contribution in [0, 0.1) is 6.92 Å². The van der Waals surface area contributed by atoms with Crippen LogP contribution >= 0.6 is 11.6 Å². The lowest BCUT2D eigenvalue weighted by Gasteiger charge is -2.14. The summed E-state index contributed by atoms with van der Waals surface area (Å²) in [6.07, 6.45) is 0. The maximum atomic E-state index is 12.7. The molecule has 0 aliphatic heterocycles. The van der Waals surface area contributed by atoms with Gasteiger partial charge in [0.05, 0.1) is 10.6 Å². The van der Waals surface area contributed by atoms with E-state index in [1.165, 1.54) is 18.2 Å². The van der Waals surface area contributed by atoms with Gasteiger partial charge in [0, 0.05) is 10.7 Å². The number of ether oxygens (including phenoxy) is 2. The molecule has 0 spiro atoms. The summed E-state index contributed by atoms with van der Waals surface area (Å²) in [5, 5.41) is 3.18. The van der Waals surface area contributed by atoms with Crippen LogP contribution in [0.1, 0.15) is 5.56 Å². The summed E-state index contributed by atoms with van der Waals surface area (Å²) in [6, 6.07) is 27.1. The lowest BCUT2D eigenvalue weighted by Crippen LogP contribution is -2.21. The molecule has 7 nitrogen and oxygen atoms in total. The quantitative estimate of drug-likeness (QED) is 0.270. The fourth-order valence-electron chi connectivity index (χ4n) is 3.31. The van der Waals surface area contributed by atoms with Crippen LogP contribution < -0.4 is 19.5 Å². The Morgan fingerprint density at radius 2 is 1.53 bits per heavy atom. The minimum Gasteiger partial charge on any atom is -0.483 e. The Morgan fingerprint density at radius 1 is 0.861 bits per heavy atom. The minimum absolute atomic E-state index is 0.0854. The highest BCUT2D eigenvalue weighted by Crippen LogP contribution is 2.32. The number of anilines is 2. The molecule has 2 N–H and O–H groups in total. The minimum atomic E-state index is -3.77. The predicted molar refractivity (Wildman–Crippen MR) is 141 cm³/mol. The topological polar surface area (TPSA) is 93.7 Å². The highest BCUT2D eigenvalue weighted by atomic mass is 35.5. The first-order valence-corrected chi connectivity index (χ1v) is 12.8. The number of aryl methyl sites for hydroxylation is 1. The maximum Gasteiger partial charge on any atom is 0.262 e. The first kappa shape index (κ1) is 25.1. The first-order valence-electron chi connectivity index (χ1n) is 10.9. The lowest BCUT2D eigenvalue weighted by molar-refractivity contribution is -0.118. The number of halogens is 1. The molecule has 0 saturated carbocycles. The van der Waals surface area contributed by atoms with Crippen molar-refractivity contribution in [1.82, 2.24) is 0 Å². The maximum absolute atomic E-state index is 12.7. The van der Waals surface area contributed by atoms with Crippen LogP contribution in [0.3, 0.4) is 0 Å². The van der Waals surface area contributed by atoms with Crippen LogP contribution in [0.4, 0.5) is 11.4 Å². The molecule has 0 aromatic heterocycles. The van der Waals surface area contributed by atoms with Crippen LogP contribution in [0.5, 0.6) is 17.2 Å². The number of carbonyl (C=O) groups excluding carboxylic acids is 1. The number of hydrogen-bond donors (Lipinski definition) is 2. The molecule has 0 aliphatic carbocycles. The highest BCUT2D eigenvalue weighted by molar-refractivity contribution is 7.92. The van der Waals surface area contributed by atoms with Crippen molar-refractivity contribution < 1.29 is 22.7 Å². The van der Waals surface area contributed by atoms with E-state index in [-0.39, 0.29) is 11.5 Å². The Hall–Kier alpha value is -4.01. The second-order valence-corrected chi connectivity index (χ2v) is 9.91. The second kappa shape index (κ2) is 11.2. The van der Waals surface area contributed by atoms with Crippen molar-refractivity contribution in [2.75, 3.05) is 16.6 Å². The number of benzene rings is 4. The molecule has 0 unspecified atom stereocenters. The zero-order chi connectivity index (χ0) is 25.5. The largest absolute Gasteiger partial charge is 0.483 e. The molecular formula is C27H23ClN2O5S. The lowest BCUT2D eigenvalue weighted by atomic mass is 10.2. The van der Waals surface area contributed by atoms with Crippen molar-refractivity contribution in [3.05, 3.63) is 108 Å². The van der Waals surface area contributed by atoms with Crippen LogP contribution in [0.25, 0.3) is 0 Å². The number of rotatable bonds is 9. The molecule has 1 amide bonds. The van der Waals surface area contributed by atoms with Crippen molar-refractivity contribution >= 4 is 38.9 Å². The zero-order valence-electron chi connectivity index (χ0n) is 19.3. The number of amides is 1. The molecule has 4 aromatic carbocycles. The summed E-state index contributed by atoms with van der Waals surface area (Å²) >= 11 is 6.11. The van der Waals surface area contributed by atoms with Gasteiger partial charge < -0.3 is 14.8 Å². The van der Waals surface area contributed by atoms with Crippen LogP contribution in [-0.2, 0) is 14.8 Å². The van der Waals surface area contributed by atoms with Gasteiger partial charge in [-0.2, -0.15) is 0 Å². The fraction of sp³-hybridized carbons (Fsp3) is 0.0741. The average molecular weight is 523 g/mol. The van der Waals surface area contributed by atoms with Crippen molar-refractivity contribution in [1.29, 1.82) is 0 Å². The van der Waals surface area contributed by atoms with Gasteiger partial charge in [-0.3, -0.25) is 9.52 Å². The molecule has 0 saturated heterocycles. The van der Waals surface area contributed by atoms with E-state index in [0.717, 1.165) is 0 Å². The standard InChI is InChI=1S/C27H23ClN2O5S/c1-19-16-23(36(32,33)30-21-8-4-2-5-9-21)13-15-25(19)34-18-27(31)29-24-17-20(28)12-14-26(24)35-22-10-6-3-7-11-22/h2-17,30H,18H2,1H3,(H,29,31). The fourth-order valence-corrected chi connectivity index (χ4v) is 4.62. The Bertz CT molecular complexity index is 1460. The van der Waals surface area contributed by atoms with Gasteiger partial charge in [0.15, 0.2) is 12.4 Å². The summed E-state index contributed by atoms with van der Waals surface area (Å²) in [5.74, 6) is 0.988. The summed E-state index contributed by atoms with van der Waals surface area (Å²) in [7, 11) is -3.77. The Labute approximate surface area is 214 Å². The number of sulfonamides is 1. The van der Waals surface area contributed by atoms with Gasteiger partial charge in [-0.15, -0.1) is 0 Å². The zero-order valence-corrected chi connectivity index (χ0v) is 20.8. The molecular weight excluding hydrogens is 500 g/mol. The predicted octanol–water partition coefficient (Wildman–Crippen LogP) is 6.26. The Morgan fingerprint density at radius 3 is 2.22 bits per heavy atom. The van der Waals surface area contributed by atoms with E-state index in [1.54, 1.807) is 67.6 Å². The molecule has 0 heterocycles. The van der Waals surface area contributed by atoms with E-state index in [9.17, 15) is 13.2 Å². The van der Waals surface area contributed by atoms with E-state index in [4.69, 9.17) is 21.1 Å². The van der Waals surface area contributed by atoms with Gasteiger partial charge in [0.25, 0.3) is 15.9 Å². The molecule has 0 bridgehead atoms. The van der Waals surface area contributed by atoms with Crippen LogP contribution in [-0.4, -0.2) is 20.9 Å². The van der Waals surface area contributed by atoms with Gasteiger partial charge in [0.2, 0.25) is 0 Å². The number of nitrogens with one attached hydrogen (secondary N) is 2. The van der Waals surface area contributed by atoms with E-state index >= 15 is 0 Å². The average Bonchev–Trinajstić information content (AvgIpc) is 2.86. The molecule has 0 radical (unpaired) electrons. The van der Waals surface area contributed by atoms with Crippen molar-refractivity contribution in [3.63, 3.8) is 0 Å². The monoisotopic (exact) mass is 522 g/mol. The molecule has 0 aliphatic rings. The van der Waals surface area contributed by atoms with Crippen LogP contribution in [0.2, 0.25) is 5.02 Å². The van der Waals surface area contributed by atoms with Crippen LogP contribution in [0.15, 0.2) is 102 Å². The van der Waals surface area contributed by atoms with E-state index in [0.29, 0.717) is 39.2 Å². The second-order valence-electron chi connectivity index (χ2n) is 7.79. The summed E-state index contributed by atoms with van der Waals surface area (Å²) in [4.78, 5) is 12.7. The van der Waals surface area contributed by atoms with E-state index in [2.05, 4.69) is 10.0 Å². The van der Waals surface area contributed by atoms with E-state index < -0.39 is 15.9 Å². The summed E-state index contributed by atoms with van der Waals surface area (Å²) in [5.41, 5.74) is 1.42. The van der Waals surface area contributed by atoms with Gasteiger partial charge in [0.1, 0.15) is 11.5 Å². The Kier molecular flexibility index (Phi) is 7.77. The number of hydrogen-bond acceptors (Lipinski definition) is 5. The van der Waals surface area contributed by atoms with Crippen molar-refractivity contribution in [3.8, 4) is 17.2 Å². The van der Waals surface area contributed by atoms with Gasteiger partial charge >= 0.3 is 0 Å². The van der Waals surface area contributed by atoms with E-state index in [1.807, 2.05) is 18.2 Å². The summed E-state index contributed by atoms with van der Waals surface area (Å²) in [6.45, 7) is 1.41. The molecule has 0 atom stereocenters. The third-order valence-electron chi connectivity index (χ3n) is 5.03. The molecule has 4 aromatic rings. The van der Waals surface area contributed by atoms with Crippen molar-refractivity contribution in [2.24, 2.45) is 0 Å². The smallest absolute Gasteiger partial charge is 0.262 e. The molecule has 9 heteroatoms. The van der Waals surface area contributed by atoms with Crippen molar-refractivity contribution in [2.45, 2.75) is 11.8 Å². The van der Waals surface area contributed by atoms with Gasteiger partial charge in [-0.05, 0) is 73.2 Å². The van der Waals surface area contributed by atoms with Gasteiger partial charge in [-0.1, -0.05) is 48.0 Å². The molecule has 4 rings (SSSR count). The number of para-hydroxylation sites is 2. The molecule has 184 valence electrons. The number of carbonyl (C=O) groups is 1. The van der Waals surface area contributed by atoms with Gasteiger partial charge in [-0.25, -0.2) is 8.42 Å². The molecule has 36 heavy (non-hydrogen) atoms. The highest BCUT2D eigenvalue weighted by Gasteiger charge is 2.17. The third-order valence-corrected chi connectivity index (χ3v) is 6.64. The Balaban J connectivity index is 1.41. The first-order chi connectivity index (χ1) is 17.3. The normalized spacial score (nSPS) is 10.9. The summed E-state index contributed by atoms with van der Waals surface area (Å²) < 4.78 is 39.4.